The highest BCUT2D eigenvalue weighted by molar-refractivity contribution is 5.90. The van der Waals surface area contributed by atoms with Crippen molar-refractivity contribution in [2.24, 2.45) is 0 Å². The molecule has 3 aliphatic heterocycles. The van der Waals surface area contributed by atoms with E-state index in [-0.39, 0.29) is 23.5 Å². The largest absolute Gasteiger partial charge is 0.497 e. The Morgan fingerprint density at radius 3 is 2.56 bits per heavy atom. The molecule has 6 rings (SSSR count). The minimum absolute atomic E-state index is 0.0182. The van der Waals surface area contributed by atoms with E-state index in [1.807, 2.05) is 24.3 Å². The number of hydrogen-bond donors (Lipinski definition) is 0. The number of aromatic nitrogens is 2. The molecule has 1 atom stereocenters. The van der Waals surface area contributed by atoms with Crippen LogP contribution in [0.25, 0.3) is 11.5 Å². The average Bonchev–Trinajstić information content (AvgIpc) is 3.64. The first-order valence-corrected chi connectivity index (χ1v) is 12.5. The molecule has 1 aromatic heterocycles. The molecule has 3 fully saturated rings. The smallest absolute Gasteiger partial charge is 0.311 e. The molecule has 3 aromatic rings. The van der Waals surface area contributed by atoms with Crippen LogP contribution < -0.4 is 9.47 Å². The van der Waals surface area contributed by atoms with E-state index in [9.17, 15) is 4.79 Å². The van der Waals surface area contributed by atoms with Crippen LogP contribution in [0.1, 0.15) is 35.5 Å². The number of carbonyl (C=O) groups excluding carboxylic acids is 1. The quantitative estimate of drug-likeness (QED) is 0.498. The summed E-state index contributed by atoms with van der Waals surface area (Å²) in [7, 11) is 1.60. The Bertz CT molecular complexity index is 1200. The number of methoxy groups -OCH3 is 1. The Balaban J connectivity index is 0.976. The van der Waals surface area contributed by atoms with E-state index in [0.29, 0.717) is 19.0 Å². The van der Waals surface area contributed by atoms with Gasteiger partial charge in [0.25, 0.3) is 0 Å². The molecule has 1 unspecified atom stereocenters. The SMILES string of the molecule is COc1ccc(-c2nnc(C(=O)N3CC(Oc4ccc(CN5CCC6(CCCO6)C5)cc4)C3)o2)cc1. The molecular formula is C27H30N4O5. The Morgan fingerprint density at radius 2 is 1.83 bits per heavy atom. The zero-order valence-electron chi connectivity index (χ0n) is 20.4. The molecule has 0 N–H and O–H groups in total. The fourth-order valence-corrected chi connectivity index (χ4v) is 5.24. The number of amides is 1. The van der Waals surface area contributed by atoms with E-state index in [1.165, 1.54) is 18.4 Å². The van der Waals surface area contributed by atoms with Gasteiger partial charge in [-0.1, -0.05) is 12.1 Å². The normalized spacial score (nSPS) is 22.2. The summed E-state index contributed by atoms with van der Waals surface area (Å²) in [6.45, 7) is 4.92. The zero-order chi connectivity index (χ0) is 24.5. The van der Waals surface area contributed by atoms with Gasteiger partial charge in [-0.05, 0) is 61.2 Å². The van der Waals surface area contributed by atoms with Gasteiger partial charge in [0.05, 0.1) is 25.8 Å². The number of likely N-dealkylation sites (tertiary alicyclic amines) is 2. The van der Waals surface area contributed by atoms with Gasteiger partial charge < -0.3 is 23.5 Å². The van der Waals surface area contributed by atoms with Crippen LogP contribution in [0.5, 0.6) is 11.5 Å². The van der Waals surface area contributed by atoms with Gasteiger partial charge in [0.15, 0.2) is 0 Å². The van der Waals surface area contributed by atoms with E-state index in [1.54, 1.807) is 24.1 Å². The molecule has 1 amide bonds. The topological polar surface area (TPSA) is 90.2 Å². The maximum atomic E-state index is 12.7. The molecule has 2 aromatic carbocycles. The van der Waals surface area contributed by atoms with Gasteiger partial charge in [0, 0.05) is 31.8 Å². The third-order valence-electron chi connectivity index (χ3n) is 7.29. The summed E-state index contributed by atoms with van der Waals surface area (Å²) in [6.07, 6.45) is 3.45. The standard InChI is InChI=1S/C27H30N4O5/c1-33-21-9-5-20(6-10-21)24-28-29-25(36-24)26(32)31-16-23(17-31)35-22-7-3-19(4-8-22)15-30-13-12-27(18-30)11-2-14-34-27/h3-10,23H,2,11-18H2,1H3. The maximum Gasteiger partial charge on any atom is 0.311 e. The highest BCUT2D eigenvalue weighted by Gasteiger charge is 2.41. The van der Waals surface area contributed by atoms with Crippen molar-refractivity contribution in [2.75, 3.05) is 39.9 Å². The van der Waals surface area contributed by atoms with Crippen LogP contribution in [0.15, 0.2) is 52.9 Å². The number of hydrogen-bond acceptors (Lipinski definition) is 8. The van der Waals surface area contributed by atoms with Gasteiger partial charge in [-0.2, -0.15) is 0 Å². The molecule has 9 nitrogen and oxygen atoms in total. The third-order valence-corrected chi connectivity index (χ3v) is 7.29. The zero-order valence-corrected chi connectivity index (χ0v) is 20.4. The second-order valence-corrected chi connectivity index (χ2v) is 9.83. The van der Waals surface area contributed by atoms with Gasteiger partial charge in [0.1, 0.15) is 17.6 Å². The van der Waals surface area contributed by atoms with Crippen LogP contribution in [-0.2, 0) is 11.3 Å². The number of carbonyl (C=O) groups is 1. The lowest BCUT2D eigenvalue weighted by atomic mass is 10.00. The predicted octanol–water partition coefficient (Wildman–Crippen LogP) is 3.40. The van der Waals surface area contributed by atoms with Crippen LogP contribution in [0, 0.1) is 0 Å². The van der Waals surface area contributed by atoms with Crippen molar-refractivity contribution in [1.82, 2.24) is 20.0 Å². The van der Waals surface area contributed by atoms with Crippen molar-refractivity contribution < 1.29 is 23.4 Å². The summed E-state index contributed by atoms with van der Waals surface area (Å²) in [6, 6.07) is 15.5. The number of rotatable bonds is 7. The highest BCUT2D eigenvalue weighted by Crippen LogP contribution is 2.35. The summed E-state index contributed by atoms with van der Waals surface area (Å²) < 4.78 is 22.8. The summed E-state index contributed by atoms with van der Waals surface area (Å²) in [4.78, 5) is 16.8. The van der Waals surface area contributed by atoms with Crippen LogP contribution in [-0.4, -0.2) is 77.5 Å². The van der Waals surface area contributed by atoms with Gasteiger partial charge in [0.2, 0.25) is 5.89 Å². The monoisotopic (exact) mass is 490 g/mol. The fourth-order valence-electron chi connectivity index (χ4n) is 5.24. The Morgan fingerprint density at radius 1 is 1.06 bits per heavy atom. The molecule has 0 radical (unpaired) electrons. The lowest BCUT2D eigenvalue weighted by Crippen LogP contribution is -2.56. The first kappa shape index (κ1) is 23.0. The van der Waals surface area contributed by atoms with Gasteiger partial charge in [-0.25, -0.2) is 0 Å². The second-order valence-electron chi connectivity index (χ2n) is 9.83. The molecule has 1 spiro atoms. The van der Waals surface area contributed by atoms with E-state index < -0.39 is 0 Å². The van der Waals surface area contributed by atoms with Crippen molar-refractivity contribution in [3.8, 4) is 23.0 Å². The van der Waals surface area contributed by atoms with Crippen molar-refractivity contribution in [1.29, 1.82) is 0 Å². The Kier molecular flexibility index (Phi) is 6.10. The second kappa shape index (κ2) is 9.55. The van der Waals surface area contributed by atoms with Crippen LogP contribution in [0.4, 0.5) is 0 Å². The van der Waals surface area contributed by atoms with E-state index in [4.69, 9.17) is 18.6 Å². The minimum Gasteiger partial charge on any atom is -0.497 e. The van der Waals surface area contributed by atoms with Gasteiger partial charge in [-0.15, -0.1) is 10.2 Å². The summed E-state index contributed by atoms with van der Waals surface area (Å²) in [5.41, 5.74) is 2.10. The molecule has 9 heteroatoms. The lowest BCUT2D eigenvalue weighted by Gasteiger charge is -2.38. The molecular weight excluding hydrogens is 460 g/mol. The van der Waals surface area contributed by atoms with E-state index in [0.717, 1.165) is 49.7 Å². The molecule has 0 aliphatic carbocycles. The van der Waals surface area contributed by atoms with Crippen molar-refractivity contribution in [3.63, 3.8) is 0 Å². The molecule has 4 heterocycles. The molecule has 3 aliphatic rings. The first-order valence-electron chi connectivity index (χ1n) is 12.5. The summed E-state index contributed by atoms with van der Waals surface area (Å²) in [5, 5.41) is 7.94. The molecule has 0 saturated carbocycles. The Hall–Kier alpha value is -3.43. The predicted molar refractivity (Wildman–Crippen MR) is 131 cm³/mol. The van der Waals surface area contributed by atoms with Gasteiger partial charge >= 0.3 is 11.8 Å². The fraction of sp³-hybridized carbons (Fsp3) is 0.444. The van der Waals surface area contributed by atoms with Crippen LogP contribution in [0.2, 0.25) is 0 Å². The van der Waals surface area contributed by atoms with Crippen molar-refractivity contribution >= 4 is 5.91 Å². The average molecular weight is 491 g/mol. The van der Waals surface area contributed by atoms with Gasteiger partial charge in [-0.3, -0.25) is 9.69 Å². The van der Waals surface area contributed by atoms with E-state index in [2.05, 4.69) is 27.2 Å². The van der Waals surface area contributed by atoms with E-state index >= 15 is 0 Å². The highest BCUT2D eigenvalue weighted by atomic mass is 16.5. The molecule has 0 bridgehead atoms. The molecule has 36 heavy (non-hydrogen) atoms. The van der Waals surface area contributed by atoms with Crippen LogP contribution >= 0.6 is 0 Å². The maximum absolute atomic E-state index is 12.7. The number of nitrogens with zero attached hydrogens (tertiary/aromatic N) is 4. The molecule has 3 saturated heterocycles. The Labute approximate surface area is 209 Å². The minimum atomic E-state index is -0.285. The lowest BCUT2D eigenvalue weighted by molar-refractivity contribution is 0.0122. The number of ether oxygens (including phenoxy) is 3. The number of benzene rings is 2. The summed E-state index contributed by atoms with van der Waals surface area (Å²) >= 11 is 0. The van der Waals surface area contributed by atoms with Crippen LogP contribution in [0.3, 0.4) is 0 Å². The first-order chi connectivity index (χ1) is 17.6. The van der Waals surface area contributed by atoms with Crippen molar-refractivity contribution in [2.45, 2.75) is 37.5 Å². The summed E-state index contributed by atoms with van der Waals surface area (Å²) in [5.74, 6) is 1.54. The van der Waals surface area contributed by atoms with Crippen molar-refractivity contribution in [3.05, 3.63) is 60.0 Å². The third kappa shape index (κ3) is 4.68. The molecule has 188 valence electrons.